The monoisotopic (exact) mass is 1350 g/mol. The van der Waals surface area contributed by atoms with Crippen molar-refractivity contribution in [1.82, 2.24) is 9.13 Å². The fourth-order valence-electron chi connectivity index (χ4n) is 16.7. The van der Waals surface area contributed by atoms with Crippen molar-refractivity contribution in [2.24, 2.45) is 5.41 Å². The van der Waals surface area contributed by atoms with Gasteiger partial charge in [-0.25, -0.2) is 0 Å². The van der Waals surface area contributed by atoms with Crippen LogP contribution < -0.4 is 26.2 Å². The third kappa shape index (κ3) is 11.3. The number of aromatic nitrogens is 2. The van der Waals surface area contributed by atoms with E-state index in [1.807, 2.05) is 0 Å². The lowest BCUT2D eigenvalue weighted by molar-refractivity contribution is 0.411. The second kappa shape index (κ2) is 24.4. The Morgan fingerprint density at radius 2 is 0.577 bits per heavy atom. The minimum absolute atomic E-state index is 0.0813. The molecule has 104 heavy (non-hydrogen) atoms. The van der Waals surface area contributed by atoms with E-state index in [2.05, 4.69) is 402 Å². The molecule has 0 atom stereocenters. The van der Waals surface area contributed by atoms with Gasteiger partial charge < -0.3 is 18.9 Å². The Labute approximate surface area is 618 Å². The van der Waals surface area contributed by atoms with Crippen LogP contribution in [0.1, 0.15) is 134 Å². The topological polar surface area (TPSA) is 16.3 Å². The third-order valence-electron chi connectivity index (χ3n) is 21.9. The molecular weight excluding hydrogens is 1260 g/mol. The largest absolute Gasteiger partial charge is 0.310 e. The Morgan fingerprint density at radius 1 is 0.288 bits per heavy atom. The van der Waals surface area contributed by atoms with Crippen molar-refractivity contribution in [2.45, 2.75) is 132 Å². The number of rotatable bonds is 9. The number of benzene rings is 13. The highest BCUT2D eigenvalue weighted by Gasteiger charge is 2.46. The second-order valence-corrected chi connectivity index (χ2v) is 34.4. The maximum atomic E-state index is 10.8. The molecule has 0 aliphatic carbocycles. The van der Waals surface area contributed by atoms with Crippen molar-refractivity contribution in [3.05, 3.63) is 307 Å². The van der Waals surface area contributed by atoms with Gasteiger partial charge in [-0.2, -0.15) is 0 Å². The van der Waals surface area contributed by atoms with Crippen LogP contribution in [0.4, 0.5) is 34.1 Å². The molecule has 0 saturated heterocycles. The molecule has 0 saturated carbocycles. The van der Waals surface area contributed by atoms with Gasteiger partial charge in [-0.3, -0.25) is 0 Å². The highest BCUT2D eigenvalue weighted by Crippen LogP contribution is 2.54. The van der Waals surface area contributed by atoms with Crippen molar-refractivity contribution in [3.63, 3.8) is 0 Å². The van der Waals surface area contributed by atoms with Gasteiger partial charge in [0.2, 0.25) is 0 Å². The highest BCUT2D eigenvalue weighted by atomic mass is 15.2. The number of hydrogen-bond acceptors (Lipinski definition) is 2. The van der Waals surface area contributed by atoms with Crippen LogP contribution in [0.2, 0.25) is 0 Å². The van der Waals surface area contributed by atoms with Gasteiger partial charge in [-0.1, -0.05) is 298 Å². The molecule has 0 N–H and O–H groups in total. The first-order valence-corrected chi connectivity index (χ1v) is 37.3. The fourth-order valence-corrected chi connectivity index (χ4v) is 16.7. The van der Waals surface area contributed by atoms with E-state index in [1.165, 1.54) is 43.8 Å². The third-order valence-corrected chi connectivity index (χ3v) is 21.9. The van der Waals surface area contributed by atoms with E-state index in [9.17, 15) is 2.74 Å². The summed E-state index contributed by atoms with van der Waals surface area (Å²) in [5, 5.41) is 4.90. The summed E-state index contributed by atoms with van der Waals surface area (Å²) in [6.07, 6.45) is -1.88. The van der Waals surface area contributed by atoms with E-state index in [1.54, 1.807) is 0 Å². The highest BCUT2D eigenvalue weighted by molar-refractivity contribution is 7.00. The van der Waals surface area contributed by atoms with Crippen LogP contribution in [0, 0.1) is 5.41 Å². The molecule has 0 amide bonds. The number of para-hydroxylation sites is 2. The summed E-state index contributed by atoms with van der Waals surface area (Å²) in [6, 6.07) is 105. The summed E-state index contributed by atoms with van der Waals surface area (Å²) in [5.41, 5.74) is 29.1. The summed E-state index contributed by atoms with van der Waals surface area (Å²) in [6.45, 7) is 33.5. The molecule has 0 fully saturated rings. The molecule has 13 aromatic carbocycles. The van der Waals surface area contributed by atoms with Crippen LogP contribution in [0.25, 0.3) is 99.5 Å². The molecule has 4 nitrogen and oxygen atoms in total. The molecule has 17 rings (SSSR count). The normalized spacial score (nSPS) is 13.7. The van der Waals surface area contributed by atoms with Crippen molar-refractivity contribution in [1.29, 1.82) is 0 Å². The molecule has 2 aromatic heterocycles. The summed E-state index contributed by atoms with van der Waals surface area (Å²) >= 11 is 0. The Bertz CT molecular complexity index is 5400. The average Bonchev–Trinajstić information content (AvgIpc) is 1.04. The summed E-state index contributed by atoms with van der Waals surface area (Å²) in [4.78, 5) is 5.14. The van der Waals surface area contributed by atoms with Crippen molar-refractivity contribution >= 4 is 101 Å². The molecule has 15 aromatic rings. The van der Waals surface area contributed by atoms with Crippen LogP contribution in [0.5, 0.6) is 0 Å². The summed E-state index contributed by atoms with van der Waals surface area (Å²) in [7, 11) is 0. The van der Waals surface area contributed by atoms with Crippen molar-refractivity contribution in [3.8, 4) is 55.9 Å². The zero-order chi connectivity index (χ0) is 73.9. The van der Waals surface area contributed by atoms with E-state index < -0.39 is 11.8 Å². The Morgan fingerprint density at radius 3 is 0.846 bits per heavy atom. The Kier molecular flexibility index (Phi) is 15.0. The Hall–Kier alpha value is -10.9. The summed E-state index contributed by atoms with van der Waals surface area (Å²) in [5.74, 6) is 0. The van der Waals surface area contributed by atoms with Gasteiger partial charge >= 0.3 is 0 Å². The van der Waals surface area contributed by atoms with E-state index in [0.717, 1.165) is 128 Å². The molecule has 0 bridgehead atoms. The number of fused-ring (bicyclic) bond motifs is 10. The van der Waals surface area contributed by atoms with Gasteiger partial charge in [-0.05, 0) is 185 Å². The molecule has 4 heterocycles. The molecule has 512 valence electrons. The van der Waals surface area contributed by atoms with Gasteiger partial charge in [0, 0.05) is 80.7 Å². The van der Waals surface area contributed by atoms with Gasteiger partial charge in [0.05, 0.1) is 33.4 Å². The molecule has 0 unspecified atom stereocenters. The number of nitrogens with zero attached hydrogens (tertiary/aromatic N) is 4. The number of hydrogen-bond donors (Lipinski definition) is 0. The minimum atomic E-state index is -1.88. The lowest BCUT2D eigenvalue weighted by atomic mass is 9.33. The lowest BCUT2D eigenvalue weighted by Gasteiger charge is -2.46. The van der Waals surface area contributed by atoms with Crippen LogP contribution >= 0.6 is 0 Å². The van der Waals surface area contributed by atoms with E-state index in [4.69, 9.17) is 0 Å². The number of anilines is 6. The van der Waals surface area contributed by atoms with Crippen LogP contribution in [-0.4, -0.2) is 15.8 Å². The molecular formula is C99H93BN4. The zero-order valence-corrected chi connectivity index (χ0v) is 62.9. The van der Waals surface area contributed by atoms with Crippen LogP contribution in [0.3, 0.4) is 0 Å². The first-order chi connectivity index (χ1) is 50.5. The van der Waals surface area contributed by atoms with Crippen molar-refractivity contribution in [2.75, 3.05) is 9.80 Å². The second-order valence-electron chi connectivity index (χ2n) is 34.4. The predicted octanol–water partition coefficient (Wildman–Crippen LogP) is 25.4. The Balaban J connectivity index is 1.05. The first kappa shape index (κ1) is 64.0. The minimum Gasteiger partial charge on any atom is -0.310 e. The lowest BCUT2D eigenvalue weighted by Crippen LogP contribution is -2.61. The maximum absolute atomic E-state index is 10.8. The van der Waals surface area contributed by atoms with Crippen LogP contribution in [0.15, 0.2) is 279 Å². The van der Waals surface area contributed by atoms with E-state index in [-0.39, 0.29) is 28.4 Å². The zero-order valence-electron chi connectivity index (χ0n) is 64.9. The van der Waals surface area contributed by atoms with Gasteiger partial charge in [-0.15, -0.1) is 0 Å². The smallest absolute Gasteiger partial charge is 0.252 e. The van der Waals surface area contributed by atoms with Gasteiger partial charge in [0.25, 0.3) is 6.71 Å². The molecule has 0 radical (unpaired) electrons. The summed E-state index contributed by atoms with van der Waals surface area (Å²) < 4.78 is 26.6. The standard InChI is InChI=1S/C99H93BN4/c1-95(2,3)62-63-54-90-92-91(55-63)104(94-76(66-34-24-18-25-35-66)40-29-41-77(94)67-36-26-19-27-37-67)89-61-73(102-86-52-44-70(98(10,11)12)58-80(86)81-59-71(99(13,14)15)45-53-87(81)102)47-49-83(89)100(92)82-48-46-72(101-84-50-42-68(96(4,5)6)56-78(84)79-57-69(97(7,8)9)43-51-85(79)101)60-88(82)103(90)93-74(64-30-20-16-21-31-64)38-28-39-75(93)65-32-22-17-23-33-65/h16-61H,62H2,1-15H3/i62D2. The van der Waals surface area contributed by atoms with E-state index in [0.29, 0.717) is 5.56 Å². The van der Waals surface area contributed by atoms with Crippen molar-refractivity contribution < 1.29 is 2.74 Å². The van der Waals surface area contributed by atoms with Crippen LogP contribution in [-0.2, 0) is 28.0 Å². The predicted molar refractivity (Wildman–Crippen MR) is 449 cm³/mol. The molecule has 0 spiro atoms. The maximum Gasteiger partial charge on any atom is 0.252 e. The SMILES string of the molecule is [2H]C([2H])(c1cc2c3c(c1)N(c1c(-c4ccccc4)cccc1-c1ccccc1)c1cc(-n4c5ccc(C(C)(C)C)cc5c5cc(C(C)(C)C)ccc54)ccc1B3c1ccc(-n3c4ccc(C(C)(C)C)cc4c4cc(C(C)(C)C)ccc43)cc1N2c1c(-c2ccccc2)cccc1-c1ccccc1)C(C)(C)C. The molecule has 5 heteroatoms. The molecule has 2 aliphatic rings. The van der Waals surface area contributed by atoms with Gasteiger partial charge in [0.1, 0.15) is 0 Å². The van der Waals surface area contributed by atoms with Gasteiger partial charge in [0.15, 0.2) is 0 Å². The average molecular weight is 1350 g/mol. The quantitative estimate of drug-likeness (QED) is 0.134. The fraction of sp³-hybridized carbons (Fsp3) is 0.212. The molecule has 2 aliphatic heterocycles. The van der Waals surface area contributed by atoms with E-state index >= 15 is 0 Å². The first-order valence-electron chi connectivity index (χ1n) is 38.3.